The van der Waals surface area contributed by atoms with Crippen molar-refractivity contribution in [1.82, 2.24) is 4.98 Å². The number of pyridine rings is 2. The quantitative estimate of drug-likeness (QED) is 0.390. The van der Waals surface area contributed by atoms with E-state index < -0.39 is 6.85 Å². The van der Waals surface area contributed by atoms with E-state index in [-0.39, 0.29) is 5.56 Å². The van der Waals surface area contributed by atoms with Crippen molar-refractivity contribution >= 4 is 32.8 Å². The zero-order valence-electron chi connectivity index (χ0n) is 17.6. The molecule has 0 unspecified atom stereocenters. The molecule has 3 aromatic heterocycles. The molecule has 26 heavy (non-hydrogen) atoms. The molecular weight excluding hydrogens is 320 g/mol. The predicted octanol–water partition coefficient (Wildman–Crippen LogP) is 5.24. The van der Waals surface area contributed by atoms with Crippen LogP contribution in [0, 0.1) is 13.8 Å². The average molecular weight is 342 g/mol. The fraction of sp³-hybridized carbons (Fsp3) is 0.130. The van der Waals surface area contributed by atoms with Crippen LogP contribution in [0.1, 0.15) is 15.2 Å². The van der Waals surface area contributed by atoms with Gasteiger partial charge in [-0.3, -0.25) is 4.98 Å². The Labute approximate surface area is 155 Å². The molecule has 0 aliphatic rings. The van der Waals surface area contributed by atoms with E-state index in [0.29, 0.717) is 22.1 Å². The molecule has 0 atom stereocenters. The molecule has 0 saturated heterocycles. The van der Waals surface area contributed by atoms with Gasteiger partial charge in [0.05, 0.1) is 10.9 Å². The summed E-state index contributed by atoms with van der Waals surface area (Å²) >= 11 is 0. The lowest BCUT2D eigenvalue weighted by molar-refractivity contribution is -0.659. The van der Waals surface area contributed by atoms with Crippen molar-refractivity contribution in [3.05, 3.63) is 72.1 Å². The molecule has 5 aromatic rings. The summed E-state index contributed by atoms with van der Waals surface area (Å²) < 4.78 is 32.5. The highest BCUT2D eigenvalue weighted by Gasteiger charge is 2.25. The fourth-order valence-corrected chi connectivity index (χ4v) is 3.73. The number of hydrogen-bond donors (Lipinski definition) is 0. The minimum Gasteiger partial charge on any atom is -0.447 e. The molecule has 0 fully saturated rings. The molecule has 0 saturated carbocycles. The number of fused-ring (bicyclic) bond motifs is 5. The third-order valence-electron chi connectivity index (χ3n) is 4.98. The molecule has 0 amide bonds. The maximum atomic E-state index is 8.10. The van der Waals surface area contributed by atoms with E-state index in [1.54, 1.807) is 12.4 Å². The highest BCUT2D eigenvalue weighted by Crippen LogP contribution is 2.38. The lowest BCUT2D eigenvalue weighted by Gasteiger charge is -2.05. The number of furan rings is 1. The Morgan fingerprint density at radius 3 is 2.65 bits per heavy atom. The maximum Gasteiger partial charge on any atom is 0.256 e. The van der Waals surface area contributed by atoms with E-state index >= 15 is 0 Å². The molecule has 0 spiro atoms. The number of benzene rings is 2. The van der Waals surface area contributed by atoms with Gasteiger partial charge in [0, 0.05) is 26.6 Å². The molecule has 5 rings (SSSR count). The van der Waals surface area contributed by atoms with Gasteiger partial charge in [-0.1, -0.05) is 42.5 Å². The van der Waals surface area contributed by atoms with E-state index in [1.807, 2.05) is 67.1 Å². The van der Waals surface area contributed by atoms with Crippen molar-refractivity contribution in [2.45, 2.75) is 13.8 Å². The highest BCUT2D eigenvalue weighted by molar-refractivity contribution is 6.15. The average Bonchev–Trinajstić information content (AvgIpc) is 3.07. The maximum absolute atomic E-state index is 8.10. The molecule has 0 bridgehead atoms. The van der Waals surface area contributed by atoms with Crippen LogP contribution in [-0.2, 0) is 7.05 Å². The molecule has 3 heterocycles. The lowest BCUT2D eigenvalue weighted by atomic mass is 10.0. The molecule has 0 radical (unpaired) electrons. The first-order valence-electron chi connectivity index (χ1n) is 10.1. The van der Waals surface area contributed by atoms with Gasteiger partial charge < -0.3 is 4.42 Å². The summed E-state index contributed by atoms with van der Waals surface area (Å²) in [6, 6.07) is 15.9. The SMILES string of the molecule is [2H]C([2H])([2H])c1c[n+](C)c(-c2ccccc2C)c2oc3c4ccccc4cnc3c12. The van der Waals surface area contributed by atoms with E-state index in [0.717, 1.165) is 27.6 Å². The number of hydrogen-bond acceptors (Lipinski definition) is 2. The standard InChI is InChI=1S/C23H19N2O/c1-14-8-4-6-10-17(14)21-23-19(15(2)13-25(21)3)20-22(26-23)18-11-7-5-9-16(18)12-24-20/h4-13H,1-3H3/q+1/i2D3. The minimum absolute atomic E-state index is 0.244. The van der Waals surface area contributed by atoms with Crippen LogP contribution >= 0.6 is 0 Å². The number of nitrogens with zero attached hydrogens (tertiary/aromatic N) is 2. The Morgan fingerprint density at radius 1 is 1.00 bits per heavy atom. The van der Waals surface area contributed by atoms with Gasteiger partial charge in [-0.05, 0) is 25.4 Å². The second kappa shape index (κ2) is 5.40. The second-order valence-corrected chi connectivity index (χ2v) is 6.65. The predicted molar refractivity (Wildman–Crippen MR) is 105 cm³/mol. The van der Waals surface area contributed by atoms with Gasteiger partial charge in [-0.15, -0.1) is 0 Å². The highest BCUT2D eigenvalue weighted by atomic mass is 16.3. The van der Waals surface area contributed by atoms with E-state index in [9.17, 15) is 0 Å². The minimum atomic E-state index is -2.29. The molecule has 0 aliphatic heterocycles. The van der Waals surface area contributed by atoms with E-state index in [4.69, 9.17) is 8.53 Å². The Morgan fingerprint density at radius 2 is 1.81 bits per heavy atom. The zero-order valence-corrected chi connectivity index (χ0v) is 14.6. The molecule has 2 aromatic carbocycles. The third-order valence-corrected chi connectivity index (χ3v) is 4.98. The fourth-order valence-electron chi connectivity index (χ4n) is 3.73. The molecule has 0 N–H and O–H groups in total. The van der Waals surface area contributed by atoms with Crippen molar-refractivity contribution < 1.29 is 13.1 Å². The van der Waals surface area contributed by atoms with Gasteiger partial charge in [-0.2, -0.15) is 4.57 Å². The van der Waals surface area contributed by atoms with Gasteiger partial charge in [0.1, 0.15) is 12.6 Å². The normalized spacial score (nSPS) is 13.8. The van der Waals surface area contributed by atoms with Gasteiger partial charge in [0.25, 0.3) is 5.69 Å². The molecule has 3 nitrogen and oxygen atoms in total. The van der Waals surface area contributed by atoms with Crippen LogP contribution in [0.4, 0.5) is 0 Å². The first-order chi connectivity index (χ1) is 13.9. The summed E-state index contributed by atoms with van der Waals surface area (Å²) in [6.07, 6.45) is 3.46. The van der Waals surface area contributed by atoms with Crippen LogP contribution in [-0.4, -0.2) is 4.98 Å². The van der Waals surface area contributed by atoms with Crippen LogP contribution in [0.25, 0.3) is 44.1 Å². The van der Waals surface area contributed by atoms with Crippen molar-refractivity contribution in [3.63, 3.8) is 0 Å². The summed E-state index contributed by atoms with van der Waals surface area (Å²) in [5.41, 5.74) is 4.92. The second-order valence-electron chi connectivity index (χ2n) is 6.65. The summed E-state index contributed by atoms with van der Waals surface area (Å²) in [4.78, 5) is 4.61. The number of aromatic nitrogens is 2. The van der Waals surface area contributed by atoms with Crippen molar-refractivity contribution in [2.24, 2.45) is 7.05 Å². The summed E-state index contributed by atoms with van der Waals surface area (Å²) in [7, 11) is 1.86. The van der Waals surface area contributed by atoms with Crippen molar-refractivity contribution in [3.8, 4) is 11.3 Å². The topological polar surface area (TPSA) is 29.9 Å². The summed E-state index contributed by atoms with van der Waals surface area (Å²) in [5, 5.41) is 2.43. The smallest absolute Gasteiger partial charge is 0.256 e. The van der Waals surface area contributed by atoms with Crippen molar-refractivity contribution in [1.29, 1.82) is 0 Å². The Bertz CT molecular complexity index is 1420. The summed E-state index contributed by atoms with van der Waals surface area (Å²) in [6.45, 7) is -0.250. The van der Waals surface area contributed by atoms with Crippen molar-refractivity contribution in [2.75, 3.05) is 0 Å². The van der Waals surface area contributed by atoms with E-state index in [1.165, 1.54) is 0 Å². The molecule has 126 valence electrons. The molecule has 0 aliphatic carbocycles. The molecule has 3 heteroatoms. The first-order valence-corrected chi connectivity index (χ1v) is 8.55. The largest absolute Gasteiger partial charge is 0.447 e. The Kier molecular flexibility index (Phi) is 2.53. The van der Waals surface area contributed by atoms with Gasteiger partial charge >= 0.3 is 0 Å². The van der Waals surface area contributed by atoms with Crippen LogP contribution in [0.2, 0.25) is 0 Å². The van der Waals surface area contributed by atoms with Gasteiger partial charge in [0.15, 0.2) is 11.8 Å². The van der Waals surface area contributed by atoms with Gasteiger partial charge in [0.2, 0.25) is 5.58 Å². The summed E-state index contributed by atoms with van der Waals surface area (Å²) in [5.74, 6) is 0. The number of rotatable bonds is 1. The van der Waals surface area contributed by atoms with Crippen LogP contribution in [0.3, 0.4) is 0 Å². The third kappa shape index (κ3) is 2.00. The molecular formula is C23H19N2O+. The van der Waals surface area contributed by atoms with Crippen LogP contribution in [0.15, 0.2) is 65.3 Å². The van der Waals surface area contributed by atoms with Crippen LogP contribution < -0.4 is 4.57 Å². The monoisotopic (exact) mass is 342 g/mol. The number of aryl methyl sites for hydroxylation is 3. The lowest BCUT2D eigenvalue weighted by Crippen LogP contribution is -2.31. The van der Waals surface area contributed by atoms with Crippen LogP contribution in [0.5, 0.6) is 0 Å². The van der Waals surface area contributed by atoms with E-state index in [2.05, 4.69) is 4.98 Å². The Hall–Kier alpha value is -3.20. The van der Waals surface area contributed by atoms with Gasteiger partial charge in [-0.25, -0.2) is 0 Å². The first kappa shape index (κ1) is 12.2. The Balaban J connectivity index is 2.04. The zero-order chi connectivity index (χ0) is 20.3.